The van der Waals surface area contributed by atoms with E-state index in [1.165, 1.54) is 0 Å². The fourth-order valence-corrected chi connectivity index (χ4v) is 2.63. The average molecular weight is 321 g/mol. The number of fused-ring (bicyclic) bond motifs is 2. The van der Waals surface area contributed by atoms with E-state index in [4.69, 9.17) is 4.42 Å². The van der Waals surface area contributed by atoms with E-state index in [1.807, 2.05) is 50.2 Å². The van der Waals surface area contributed by atoms with Crippen LogP contribution in [0.4, 0.5) is 0 Å². The molecule has 0 saturated carbocycles. The van der Waals surface area contributed by atoms with Gasteiger partial charge in [0.1, 0.15) is 11.3 Å². The van der Waals surface area contributed by atoms with Gasteiger partial charge >= 0.3 is 0 Å². The fraction of sp³-hybridized carbons (Fsp3) is 0.176. The maximum atomic E-state index is 12.3. The molecule has 4 aromatic rings. The Bertz CT molecular complexity index is 1030. The topological polar surface area (TPSA) is 85.3 Å². The summed E-state index contributed by atoms with van der Waals surface area (Å²) < 4.78 is 7.23. The largest absolute Gasteiger partial charge is 0.459 e. The third kappa shape index (κ3) is 2.50. The molecule has 7 heteroatoms. The molecule has 0 saturated heterocycles. The fourth-order valence-electron chi connectivity index (χ4n) is 2.63. The molecule has 7 nitrogen and oxygen atoms in total. The van der Waals surface area contributed by atoms with Crippen LogP contribution in [0.25, 0.3) is 16.7 Å². The molecule has 1 aromatic carbocycles. The Balaban J connectivity index is 1.54. The number of aromatic nitrogens is 4. The van der Waals surface area contributed by atoms with Crippen LogP contribution >= 0.6 is 0 Å². The number of benzene rings is 1. The van der Waals surface area contributed by atoms with E-state index in [1.54, 1.807) is 4.52 Å². The summed E-state index contributed by atoms with van der Waals surface area (Å²) in [5, 5.41) is 7.98. The lowest BCUT2D eigenvalue weighted by atomic mass is 10.2. The number of hydrogen-bond acceptors (Lipinski definition) is 5. The molecular weight excluding hydrogens is 306 g/mol. The summed E-state index contributed by atoms with van der Waals surface area (Å²) in [6.45, 7) is 4.05. The molecule has 3 aromatic heterocycles. The quantitative estimate of drug-likeness (QED) is 0.626. The van der Waals surface area contributed by atoms with Gasteiger partial charge in [0.2, 0.25) is 5.82 Å². The van der Waals surface area contributed by atoms with Crippen molar-refractivity contribution >= 4 is 22.7 Å². The molecule has 24 heavy (non-hydrogen) atoms. The van der Waals surface area contributed by atoms with E-state index < -0.39 is 0 Å². The summed E-state index contributed by atoms with van der Waals surface area (Å²) >= 11 is 0. The van der Waals surface area contributed by atoms with Crippen molar-refractivity contribution in [2.24, 2.45) is 0 Å². The van der Waals surface area contributed by atoms with Crippen molar-refractivity contribution < 1.29 is 9.21 Å². The highest BCUT2D eigenvalue weighted by Crippen LogP contribution is 2.18. The Morgan fingerprint density at radius 1 is 1.21 bits per heavy atom. The standard InChI is InChI=1S/C17H15N5O2/c1-10-7-11(2)22-17(19-10)20-15(21-22)16(23)18-9-13-8-12-5-3-4-6-14(12)24-13/h3-8H,9H2,1-2H3,(H,18,23). The lowest BCUT2D eigenvalue weighted by Crippen LogP contribution is -2.23. The highest BCUT2D eigenvalue weighted by atomic mass is 16.3. The minimum Gasteiger partial charge on any atom is -0.459 e. The molecule has 0 aliphatic carbocycles. The van der Waals surface area contributed by atoms with E-state index in [0.29, 0.717) is 11.5 Å². The van der Waals surface area contributed by atoms with Gasteiger partial charge in [0.25, 0.3) is 11.7 Å². The number of nitrogens with one attached hydrogen (secondary N) is 1. The first kappa shape index (κ1) is 14.4. The zero-order chi connectivity index (χ0) is 16.7. The zero-order valence-corrected chi connectivity index (χ0v) is 13.3. The van der Waals surface area contributed by atoms with Crippen molar-refractivity contribution in [3.8, 4) is 0 Å². The first-order chi connectivity index (χ1) is 11.6. The van der Waals surface area contributed by atoms with Gasteiger partial charge in [0.05, 0.1) is 6.54 Å². The van der Waals surface area contributed by atoms with Crippen LogP contribution in [0.2, 0.25) is 0 Å². The number of amides is 1. The summed E-state index contributed by atoms with van der Waals surface area (Å²) in [6, 6.07) is 11.5. The van der Waals surface area contributed by atoms with E-state index in [0.717, 1.165) is 22.4 Å². The van der Waals surface area contributed by atoms with Crippen LogP contribution in [0.5, 0.6) is 0 Å². The SMILES string of the molecule is Cc1cc(C)n2nc(C(=O)NCc3cc4ccccc4o3)nc2n1. The monoisotopic (exact) mass is 321 g/mol. The summed E-state index contributed by atoms with van der Waals surface area (Å²) in [7, 11) is 0. The number of furan rings is 1. The molecule has 0 unspecified atom stereocenters. The van der Waals surface area contributed by atoms with Gasteiger partial charge in [-0.25, -0.2) is 9.50 Å². The first-order valence-electron chi connectivity index (χ1n) is 7.57. The van der Waals surface area contributed by atoms with Crippen LogP contribution in [0.1, 0.15) is 27.8 Å². The maximum Gasteiger partial charge on any atom is 0.291 e. The Kier molecular flexibility index (Phi) is 3.26. The lowest BCUT2D eigenvalue weighted by molar-refractivity contribution is 0.0938. The van der Waals surface area contributed by atoms with E-state index in [-0.39, 0.29) is 18.3 Å². The molecule has 1 amide bonds. The highest BCUT2D eigenvalue weighted by molar-refractivity contribution is 5.90. The Hall–Kier alpha value is -3.22. The summed E-state index contributed by atoms with van der Waals surface area (Å²) in [5.74, 6) is 0.824. The van der Waals surface area contributed by atoms with E-state index in [2.05, 4.69) is 20.4 Å². The van der Waals surface area contributed by atoms with Crippen molar-refractivity contribution in [2.45, 2.75) is 20.4 Å². The van der Waals surface area contributed by atoms with Crippen molar-refractivity contribution in [2.75, 3.05) is 0 Å². The number of carbonyl (C=O) groups is 1. The predicted molar refractivity (Wildman–Crippen MR) is 87.6 cm³/mol. The second-order valence-corrected chi connectivity index (χ2v) is 5.62. The zero-order valence-electron chi connectivity index (χ0n) is 13.3. The van der Waals surface area contributed by atoms with Gasteiger partial charge in [-0.15, -0.1) is 5.10 Å². The van der Waals surface area contributed by atoms with Crippen molar-refractivity contribution in [1.82, 2.24) is 24.9 Å². The van der Waals surface area contributed by atoms with Crippen LogP contribution in [0.3, 0.4) is 0 Å². The van der Waals surface area contributed by atoms with Crippen molar-refractivity contribution in [3.63, 3.8) is 0 Å². The van der Waals surface area contributed by atoms with E-state index >= 15 is 0 Å². The van der Waals surface area contributed by atoms with Gasteiger partial charge < -0.3 is 9.73 Å². The predicted octanol–water partition coefficient (Wildman–Crippen LogP) is 2.42. The Morgan fingerprint density at radius 3 is 2.88 bits per heavy atom. The Labute approximate surface area is 137 Å². The molecule has 4 rings (SSSR count). The number of rotatable bonds is 3. The van der Waals surface area contributed by atoms with Gasteiger partial charge in [0, 0.05) is 16.8 Å². The second kappa shape index (κ2) is 5.45. The number of nitrogens with zero attached hydrogens (tertiary/aromatic N) is 4. The van der Waals surface area contributed by atoms with E-state index in [9.17, 15) is 4.79 Å². The number of aryl methyl sites for hydroxylation is 2. The minimum atomic E-state index is -0.363. The molecule has 1 N–H and O–H groups in total. The summed E-state index contributed by atoms with van der Waals surface area (Å²) in [6.07, 6.45) is 0. The molecule has 0 spiro atoms. The number of para-hydroxylation sites is 1. The normalized spacial score (nSPS) is 11.2. The number of hydrogen-bond donors (Lipinski definition) is 1. The van der Waals surface area contributed by atoms with Gasteiger partial charge in [-0.3, -0.25) is 4.79 Å². The lowest BCUT2D eigenvalue weighted by Gasteiger charge is -1.98. The molecule has 0 bridgehead atoms. The third-order valence-corrected chi connectivity index (χ3v) is 3.72. The van der Waals surface area contributed by atoms with Crippen LogP contribution < -0.4 is 5.32 Å². The van der Waals surface area contributed by atoms with Gasteiger partial charge in [-0.05, 0) is 32.0 Å². The summed E-state index contributed by atoms with van der Waals surface area (Å²) in [4.78, 5) is 20.7. The molecule has 120 valence electrons. The van der Waals surface area contributed by atoms with Crippen LogP contribution in [0.15, 0.2) is 40.8 Å². The van der Waals surface area contributed by atoms with Crippen molar-refractivity contribution in [1.29, 1.82) is 0 Å². The second-order valence-electron chi connectivity index (χ2n) is 5.62. The van der Waals surface area contributed by atoms with Gasteiger partial charge in [-0.2, -0.15) is 4.98 Å². The van der Waals surface area contributed by atoms with Crippen molar-refractivity contribution in [3.05, 3.63) is 59.4 Å². The molecule has 0 radical (unpaired) electrons. The average Bonchev–Trinajstić information content (AvgIpc) is 3.15. The molecule has 0 aliphatic rings. The molecule has 3 heterocycles. The van der Waals surface area contributed by atoms with Crippen LogP contribution in [0, 0.1) is 13.8 Å². The summed E-state index contributed by atoms with van der Waals surface area (Å²) in [5.41, 5.74) is 2.51. The van der Waals surface area contributed by atoms with Gasteiger partial charge in [-0.1, -0.05) is 18.2 Å². The minimum absolute atomic E-state index is 0.0901. The first-order valence-corrected chi connectivity index (χ1v) is 7.57. The van der Waals surface area contributed by atoms with Gasteiger partial charge in [0.15, 0.2) is 0 Å². The Morgan fingerprint density at radius 2 is 2.04 bits per heavy atom. The highest BCUT2D eigenvalue weighted by Gasteiger charge is 2.15. The third-order valence-electron chi connectivity index (χ3n) is 3.72. The molecule has 0 fully saturated rings. The van der Waals surface area contributed by atoms with Crippen LogP contribution in [-0.4, -0.2) is 25.5 Å². The smallest absolute Gasteiger partial charge is 0.291 e. The molecule has 0 aliphatic heterocycles. The maximum absolute atomic E-state index is 12.3. The molecular formula is C17H15N5O2. The molecule has 0 atom stereocenters. The van der Waals surface area contributed by atoms with Crippen LogP contribution in [-0.2, 0) is 6.54 Å². The number of carbonyl (C=O) groups excluding carboxylic acids is 1.